The molecule has 0 aromatic heterocycles. The molecule has 0 aliphatic carbocycles. The van der Waals surface area contributed by atoms with E-state index in [2.05, 4.69) is 10.6 Å². The van der Waals surface area contributed by atoms with Crippen molar-refractivity contribution in [1.29, 1.82) is 0 Å². The van der Waals surface area contributed by atoms with Crippen LogP contribution >= 0.6 is 0 Å². The summed E-state index contributed by atoms with van der Waals surface area (Å²) in [6, 6.07) is 9.30. The van der Waals surface area contributed by atoms with Crippen LogP contribution in [-0.2, 0) is 10.0 Å². The molecule has 9 nitrogen and oxygen atoms in total. The van der Waals surface area contributed by atoms with Gasteiger partial charge < -0.3 is 24.8 Å². The summed E-state index contributed by atoms with van der Waals surface area (Å²) in [5, 5.41) is 5.40. The maximum absolute atomic E-state index is 12.5. The van der Waals surface area contributed by atoms with Gasteiger partial charge in [-0.1, -0.05) is 0 Å². The largest absolute Gasteiger partial charge is 0.497 e. The SMILES string of the molecule is COc1cc(NC(=O)Nc2cc(N3CCCS3(=O)=O)ccc2OC)cc(OC)c1. The van der Waals surface area contributed by atoms with Gasteiger partial charge in [0.25, 0.3) is 0 Å². The Morgan fingerprint density at radius 3 is 2.21 bits per heavy atom. The highest BCUT2D eigenvalue weighted by molar-refractivity contribution is 7.93. The van der Waals surface area contributed by atoms with Crippen LogP contribution in [0.25, 0.3) is 0 Å². The number of hydrogen-bond acceptors (Lipinski definition) is 6. The van der Waals surface area contributed by atoms with Gasteiger partial charge in [0.2, 0.25) is 10.0 Å². The van der Waals surface area contributed by atoms with E-state index in [0.29, 0.717) is 47.3 Å². The number of anilines is 3. The van der Waals surface area contributed by atoms with Crippen molar-refractivity contribution in [1.82, 2.24) is 0 Å². The molecule has 0 radical (unpaired) electrons. The first-order valence-electron chi connectivity index (χ1n) is 8.86. The van der Waals surface area contributed by atoms with Crippen molar-refractivity contribution < 1.29 is 27.4 Å². The standard InChI is InChI=1S/C19H23N3O6S/c1-26-15-9-13(10-16(12-15)27-2)20-19(23)21-17-11-14(5-6-18(17)28-3)22-7-4-8-29(22,24)25/h5-6,9-12H,4,7-8H2,1-3H3,(H2,20,21,23). The van der Waals surface area contributed by atoms with E-state index in [9.17, 15) is 13.2 Å². The summed E-state index contributed by atoms with van der Waals surface area (Å²) in [5.74, 6) is 1.57. The van der Waals surface area contributed by atoms with E-state index >= 15 is 0 Å². The number of rotatable bonds is 6. The maximum Gasteiger partial charge on any atom is 0.323 e. The molecule has 2 amide bonds. The lowest BCUT2D eigenvalue weighted by molar-refractivity contribution is 0.262. The molecule has 1 saturated heterocycles. The minimum atomic E-state index is -3.33. The minimum absolute atomic E-state index is 0.111. The predicted octanol–water partition coefficient (Wildman–Crippen LogP) is 2.90. The van der Waals surface area contributed by atoms with Crippen LogP contribution in [0, 0.1) is 0 Å². The maximum atomic E-state index is 12.5. The molecule has 0 bridgehead atoms. The van der Waals surface area contributed by atoms with Gasteiger partial charge in [-0.3, -0.25) is 4.31 Å². The molecule has 1 heterocycles. The minimum Gasteiger partial charge on any atom is -0.497 e. The highest BCUT2D eigenvalue weighted by atomic mass is 32.2. The van der Waals surface area contributed by atoms with E-state index in [1.807, 2.05) is 0 Å². The first kappa shape index (κ1) is 20.6. The number of methoxy groups -OCH3 is 3. The van der Waals surface area contributed by atoms with Crippen LogP contribution in [0.15, 0.2) is 36.4 Å². The molecule has 0 saturated carbocycles. The monoisotopic (exact) mass is 421 g/mol. The third-order valence-corrected chi connectivity index (χ3v) is 6.30. The Kier molecular flexibility index (Phi) is 6.02. The fraction of sp³-hybridized carbons (Fsp3) is 0.316. The van der Waals surface area contributed by atoms with Crippen molar-refractivity contribution in [3.63, 3.8) is 0 Å². The lowest BCUT2D eigenvalue weighted by Crippen LogP contribution is -2.25. The Labute approximate surface area is 169 Å². The summed E-state index contributed by atoms with van der Waals surface area (Å²) in [6.07, 6.45) is 0.565. The highest BCUT2D eigenvalue weighted by Gasteiger charge is 2.29. The normalized spacial score (nSPS) is 14.9. The molecule has 1 fully saturated rings. The van der Waals surface area contributed by atoms with Gasteiger partial charge in [-0.15, -0.1) is 0 Å². The first-order valence-corrected chi connectivity index (χ1v) is 10.5. The van der Waals surface area contributed by atoms with E-state index in [1.165, 1.54) is 25.6 Å². The van der Waals surface area contributed by atoms with E-state index in [-0.39, 0.29) is 5.75 Å². The van der Waals surface area contributed by atoms with Crippen LogP contribution in [0.2, 0.25) is 0 Å². The lowest BCUT2D eigenvalue weighted by Gasteiger charge is -2.19. The van der Waals surface area contributed by atoms with Crippen LogP contribution in [-0.4, -0.2) is 48.1 Å². The highest BCUT2D eigenvalue weighted by Crippen LogP contribution is 2.33. The molecule has 156 valence electrons. The third kappa shape index (κ3) is 4.65. The summed E-state index contributed by atoms with van der Waals surface area (Å²) >= 11 is 0. The van der Waals surface area contributed by atoms with Crippen molar-refractivity contribution in [2.75, 3.05) is 48.6 Å². The molecule has 0 spiro atoms. The summed E-state index contributed by atoms with van der Waals surface area (Å²) in [5.41, 5.74) is 1.29. The molecule has 29 heavy (non-hydrogen) atoms. The fourth-order valence-corrected chi connectivity index (χ4v) is 4.60. The molecule has 2 aromatic rings. The number of nitrogens with one attached hydrogen (secondary N) is 2. The fourth-order valence-electron chi connectivity index (χ4n) is 3.04. The van der Waals surface area contributed by atoms with Gasteiger partial charge in [-0.2, -0.15) is 0 Å². The van der Waals surface area contributed by atoms with Crippen molar-refractivity contribution >= 4 is 33.1 Å². The Balaban J connectivity index is 1.82. The van der Waals surface area contributed by atoms with E-state index in [4.69, 9.17) is 14.2 Å². The van der Waals surface area contributed by atoms with Crippen molar-refractivity contribution in [2.45, 2.75) is 6.42 Å². The van der Waals surface area contributed by atoms with E-state index in [0.717, 1.165) is 0 Å². The Hall–Kier alpha value is -3.14. The second kappa shape index (κ2) is 8.48. The number of hydrogen-bond donors (Lipinski definition) is 2. The van der Waals surface area contributed by atoms with Gasteiger partial charge in [0.15, 0.2) is 0 Å². The zero-order chi connectivity index (χ0) is 21.0. The van der Waals surface area contributed by atoms with Gasteiger partial charge >= 0.3 is 6.03 Å². The molecule has 0 atom stereocenters. The molecule has 1 aliphatic heterocycles. The molecule has 1 aliphatic rings. The molecular weight excluding hydrogens is 398 g/mol. The second-order valence-corrected chi connectivity index (χ2v) is 8.32. The van der Waals surface area contributed by atoms with Crippen LogP contribution in [0.1, 0.15) is 6.42 Å². The second-order valence-electron chi connectivity index (χ2n) is 6.31. The number of urea groups is 1. The zero-order valence-electron chi connectivity index (χ0n) is 16.4. The molecule has 2 aromatic carbocycles. The van der Waals surface area contributed by atoms with Gasteiger partial charge in [-0.05, 0) is 24.6 Å². The summed E-state index contributed by atoms with van der Waals surface area (Å²) < 4.78 is 41.4. The molecule has 2 N–H and O–H groups in total. The molecule has 10 heteroatoms. The van der Waals surface area contributed by atoms with Gasteiger partial charge in [0.1, 0.15) is 17.2 Å². The van der Waals surface area contributed by atoms with Crippen molar-refractivity contribution in [2.24, 2.45) is 0 Å². The van der Waals surface area contributed by atoms with E-state index in [1.54, 1.807) is 36.4 Å². The number of sulfonamides is 1. The number of benzene rings is 2. The number of nitrogens with zero attached hydrogens (tertiary/aromatic N) is 1. The summed E-state index contributed by atoms with van der Waals surface area (Å²) in [6.45, 7) is 0.407. The number of carbonyl (C=O) groups excluding carboxylic acids is 1. The van der Waals surface area contributed by atoms with Crippen molar-refractivity contribution in [3.8, 4) is 17.2 Å². The quantitative estimate of drug-likeness (QED) is 0.743. The molecular formula is C19H23N3O6S. The van der Waals surface area contributed by atoms with Crippen molar-refractivity contribution in [3.05, 3.63) is 36.4 Å². The topological polar surface area (TPSA) is 106 Å². The average molecular weight is 421 g/mol. The van der Waals surface area contributed by atoms with Crippen LogP contribution in [0.3, 0.4) is 0 Å². The summed E-state index contributed by atoms with van der Waals surface area (Å²) in [4.78, 5) is 12.5. The van der Waals surface area contributed by atoms with Gasteiger partial charge in [-0.25, -0.2) is 13.2 Å². The molecule has 3 rings (SSSR count). The van der Waals surface area contributed by atoms with E-state index < -0.39 is 16.1 Å². The van der Waals surface area contributed by atoms with Gasteiger partial charge in [0.05, 0.1) is 38.5 Å². The first-order chi connectivity index (χ1) is 13.9. The van der Waals surface area contributed by atoms with Crippen LogP contribution in [0.4, 0.5) is 21.9 Å². The number of amides is 2. The Morgan fingerprint density at radius 1 is 0.966 bits per heavy atom. The van der Waals surface area contributed by atoms with Gasteiger partial charge in [0, 0.05) is 30.4 Å². The Morgan fingerprint density at radius 2 is 1.66 bits per heavy atom. The number of ether oxygens (including phenoxy) is 3. The van der Waals surface area contributed by atoms with Crippen LogP contribution in [0.5, 0.6) is 17.2 Å². The smallest absolute Gasteiger partial charge is 0.323 e. The average Bonchev–Trinajstić information content (AvgIpc) is 3.06. The third-order valence-electron chi connectivity index (χ3n) is 4.43. The zero-order valence-corrected chi connectivity index (χ0v) is 17.2. The van der Waals surface area contributed by atoms with Crippen LogP contribution < -0.4 is 29.1 Å². The Bertz CT molecular complexity index is 987. The molecule has 0 unspecified atom stereocenters. The summed E-state index contributed by atoms with van der Waals surface area (Å²) in [7, 11) is 1.17. The lowest BCUT2D eigenvalue weighted by atomic mass is 10.2. The number of carbonyl (C=O) groups is 1. The predicted molar refractivity (Wildman–Crippen MR) is 111 cm³/mol.